The Morgan fingerprint density at radius 2 is 2.54 bits per heavy atom. The van der Waals surface area contributed by atoms with Gasteiger partial charge in [0.2, 0.25) is 0 Å². The van der Waals surface area contributed by atoms with E-state index in [-0.39, 0.29) is 0 Å². The fraction of sp³-hybridized carbons (Fsp3) is 0.444. The zero-order valence-corrected chi connectivity index (χ0v) is 8.26. The second-order valence-corrected chi connectivity index (χ2v) is 4.25. The average molecular weight is 195 g/mol. The summed E-state index contributed by atoms with van der Waals surface area (Å²) in [6.07, 6.45) is 1.77. The van der Waals surface area contributed by atoms with Crippen LogP contribution in [0.2, 0.25) is 0 Å². The zero-order valence-electron chi connectivity index (χ0n) is 7.44. The monoisotopic (exact) mass is 195 g/mol. The van der Waals surface area contributed by atoms with Crippen molar-refractivity contribution in [2.24, 2.45) is 0 Å². The van der Waals surface area contributed by atoms with Crippen molar-refractivity contribution in [1.82, 2.24) is 9.88 Å². The van der Waals surface area contributed by atoms with Gasteiger partial charge in [-0.3, -0.25) is 4.90 Å². The zero-order chi connectivity index (χ0) is 9.10. The summed E-state index contributed by atoms with van der Waals surface area (Å²) in [5.74, 6) is 3.01. The van der Waals surface area contributed by atoms with E-state index >= 15 is 0 Å². The third-order valence-electron chi connectivity index (χ3n) is 2.08. The summed E-state index contributed by atoms with van der Waals surface area (Å²) in [5.41, 5.74) is 6.86. The minimum Gasteiger partial charge on any atom is -0.384 e. The lowest BCUT2D eigenvalue weighted by Gasteiger charge is -2.13. The van der Waals surface area contributed by atoms with Crippen molar-refractivity contribution in [2.75, 3.05) is 23.9 Å². The molecule has 0 saturated carbocycles. The molecule has 1 aliphatic heterocycles. The van der Waals surface area contributed by atoms with E-state index in [1.807, 2.05) is 23.9 Å². The van der Waals surface area contributed by atoms with Gasteiger partial charge in [0, 0.05) is 30.9 Å². The summed E-state index contributed by atoms with van der Waals surface area (Å²) < 4.78 is 0. The quantitative estimate of drug-likeness (QED) is 0.769. The Balaban J connectivity index is 2.00. The molecule has 2 heterocycles. The Kier molecular flexibility index (Phi) is 2.71. The highest BCUT2D eigenvalue weighted by Crippen LogP contribution is 2.16. The summed E-state index contributed by atoms with van der Waals surface area (Å²) in [4.78, 5) is 6.38. The van der Waals surface area contributed by atoms with Crippen molar-refractivity contribution >= 4 is 17.6 Å². The second-order valence-electron chi connectivity index (χ2n) is 3.18. The van der Waals surface area contributed by atoms with Crippen LogP contribution in [0.3, 0.4) is 0 Å². The highest BCUT2D eigenvalue weighted by Gasteiger charge is 2.11. The maximum Gasteiger partial charge on any atom is 0.123 e. The molecule has 0 atom stereocenters. The molecule has 1 aliphatic rings. The van der Waals surface area contributed by atoms with E-state index in [0.717, 1.165) is 12.4 Å². The first-order chi connectivity index (χ1) is 6.34. The molecule has 1 aromatic rings. The molecular formula is C9H13N3S. The number of aromatic nitrogens is 1. The molecule has 0 spiro atoms. The molecule has 0 amide bonds. The van der Waals surface area contributed by atoms with Crippen LogP contribution in [0.1, 0.15) is 5.56 Å². The number of rotatable bonds is 2. The number of hydrogen-bond donors (Lipinski definition) is 1. The molecule has 0 unspecified atom stereocenters. The summed E-state index contributed by atoms with van der Waals surface area (Å²) in [6.45, 7) is 2.19. The fourth-order valence-corrected chi connectivity index (χ4v) is 2.42. The van der Waals surface area contributed by atoms with Gasteiger partial charge in [-0.15, -0.1) is 11.8 Å². The van der Waals surface area contributed by atoms with E-state index in [1.54, 1.807) is 6.20 Å². The maximum absolute atomic E-state index is 5.60. The fourth-order valence-electron chi connectivity index (χ4n) is 1.43. The standard InChI is InChI=1S/C9H13N3S/c10-9-5-8(1-2-11-9)6-12-3-4-13-7-12/h1-2,5H,3-4,6-7H2,(H2,10,11). The Hall–Kier alpha value is -0.740. The molecule has 2 N–H and O–H groups in total. The van der Waals surface area contributed by atoms with Gasteiger partial charge in [-0.1, -0.05) is 0 Å². The highest BCUT2D eigenvalue weighted by molar-refractivity contribution is 7.99. The van der Waals surface area contributed by atoms with Crippen LogP contribution in [-0.2, 0) is 6.54 Å². The van der Waals surface area contributed by atoms with Gasteiger partial charge in [-0.2, -0.15) is 0 Å². The third kappa shape index (κ3) is 2.35. The van der Waals surface area contributed by atoms with Crippen molar-refractivity contribution in [3.05, 3.63) is 23.9 Å². The van der Waals surface area contributed by atoms with Gasteiger partial charge in [0.15, 0.2) is 0 Å². The van der Waals surface area contributed by atoms with Crippen LogP contribution < -0.4 is 5.73 Å². The van der Waals surface area contributed by atoms with Gasteiger partial charge in [0.25, 0.3) is 0 Å². The molecule has 0 aromatic carbocycles. The van der Waals surface area contributed by atoms with Crippen LogP contribution >= 0.6 is 11.8 Å². The van der Waals surface area contributed by atoms with Crippen LogP contribution in [0, 0.1) is 0 Å². The molecular weight excluding hydrogens is 182 g/mol. The van der Waals surface area contributed by atoms with Gasteiger partial charge >= 0.3 is 0 Å². The number of nitrogens with two attached hydrogens (primary N) is 1. The van der Waals surface area contributed by atoms with E-state index in [9.17, 15) is 0 Å². The Bertz CT molecular complexity index is 284. The smallest absolute Gasteiger partial charge is 0.123 e. The van der Waals surface area contributed by atoms with E-state index in [4.69, 9.17) is 5.73 Å². The maximum atomic E-state index is 5.60. The SMILES string of the molecule is Nc1cc(CN2CCSC2)ccn1. The second kappa shape index (κ2) is 3.98. The van der Waals surface area contributed by atoms with Gasteiger partial charge in [-0.25, -0.2) is 4.98 Å². The Labute approximate surface area is 82.3 Å². The average Bonchev–Trinajstić information content (AvgIpc) is 2.57. The number of pyridine rings is 1. The lowest BCUT2D eigenvalue weighted by atomic mass is 10.2. The Morgan fingerprint density at radius 3 is 3.23 bits per heavy atom. The van der Waals surface area contributed by atoms with E-state index in [0.29, 0.717) is 5.82 Å². The molecule has 13 heavy (non-hydrogen) atoms. The van der Waals surface area contributed by atoms with Crippen LogP contribution in [0.4, 0.5) is 5.82 Å². The molecule has 0 radical (unpaired) electrons. The lowest BCUT2D eigenvalue weighted by Crippen LogP contribution is -2.18. The predicted molar refractivity (Wildman–Crippen MR) is 56.4 cm³/mol. The molecule has 0 aliphatic carbocycles. The third-order valence-corrected chi connectivity index (χ3v) is 3.10. The van der Waals surface area contributed by atoms with Crippen molar-refractivity contribution in [2.45, 2.75) is 6.54 Å². The van der Waals surface area contributed by atoms with Crippen molar-refractivity contribution in [3.8, 4) is 0 Å². The normalized spacial score (nSPS) is 17.8. The first-order valence-corrected chi connectivity index (χ1v) is 5.50. The molecule has 3 nitrogen and oxygen atoms in total. The topological polar surface area (TPSA) is 42.1 Å². The van der Waals surface area contributed by atoms with Gasteiger partial charge in [0.05, 0.1) is 0 Å². The molecule has 1 fully saturated rings. The number of hydrogen-bond acceptors (Lipinski definition) is 4. The summed E-state index contributed by atoms with van der Waals surface area (Å²) >= 11 is 1.98. The Morgan fingerprint density at radius 1 is 1.62 bits per heavy atom. The van der Waals surface area contributed by atoms with Gasteiger partial charge in [-0.05, 0) is 17.7 Å². The minimum atomic E-state index is 0.615. The predicted octanol–water partition coefficient (Wildman–Crippen LogP) is 1.17. The van der Waals surface area contributed by atoms with Crippen LogP contribution in [0.15, 0.2) is 18.3 Å². The molecule has 1 aromatic heterocycles. The number of thioether (sulfide) groups is 1. The van der Waals surface area contributed by atoms with E-state index < -0.39 is 0 Å². The van der Waals surface area contributed by atoms with Crippen LogP contribution in [0.5, 0.6) is 0 Å². The molecule has 4 heteroatoms. The van der Waals surface area contributed by atoms with Crippen LogP contribution in [0.25, 0.3) is 0 Å². The first-order valence-electron chi connectivity index (χ1n) is 4.35. The van der Waals surface area contributed by atoms with Crippen molar-refractivity contribution in [3.63, 3.8) is 0 Å². The minimum absolute atomic E-state index is 0.615. The number of anilines is 1. The molecule has 70 valence electrons. The van der Waals surface area contributed by atoms with Crippen molar-refractivity contribution in [1.29, 1.82) is 0 Å². The first kappa shape index (κ1) is 8.84. The summed E-state index contributed by atoms with van der Waals surface area (Å²) in [6, 6.07) is 3.97. The van der Waals surface area contributed by atoms with Crippen LogP contribution in [-0.4, -0.2) is 28.1 Å². The number of nitrogens with zero attached hydrogens (tertiary/aromatic N) is 2. The summed E-state index contributed by atoms with van der Waals surface area (Å²) in [7, 11) is 0. The summed E-state index contributed by atoms with van der Waals surface area (Å²) in [5, 5.41) is 0. The van der Waals surface area contributed by atoms with Crippen molar-refractivity contribution < 1.29 is 0 Å². The largest absolute Gasteiger partial charge is 0.384 e. The highest BCUT2D eigenvalue weighted by atomic mass is 32.2. The molecule has 2 rings (SSSR count). The molecule has 0 bridgehead atoms. The van der Waals surface area contributed by atoms with E-state index in [1.165, 1.54) is 17.9 Å². The number of nitrogen functional groups attached to an aromatic ring is 1. The van der Waals surface area contributed by atoms with E-state index in [2.05, 4.69) is 9.88 Å². The van der Waals surface area contributed by atoms with Gasteiger partial charge < -0.3 is 5.73 Å². The molecule has 1 saturated heterocycles. The lowest BCUT2D eigenvalue weighted by molar-refractivity contribution is 0.349. The van der Waals surface area contributed by atoms with Gasteiger partial charge in [0.1, 0.15) is 5.82 Å².